The molecule has 2 atom stereocenters. The lowest BCUT2D eigenvalue weighted by Crippen LogP contribution is -2.58. The third kappa shape index (κ3) is 2.13. The van der Waals surface area contributed by atoms with Crippen molar-refractivity contribution in [3.8, 4) is 0 Å². The molecule has 5 heteroatoms. The summed E-state index contributed by atoms with van der Waals surface area (Å²) in [7, 11) is 0. The van der Waals surface area contributed by atoms with Gasteiger partial charge in [-0.2, -0.15) is 0 Å². The maximum absolute atomic E-state index is 12.5. The van der Waals surface area contributed by atoms with E-state index >= 15 is 0 Å². The molecular weight excluding hydrogens is 218 g/mol. The Labute approximate surface area is 102 Å². The molecule has 0 aromatic carbocycles. The Morgan fingerprint density at radius 3 is 2.82 bits per heavy atom. The van der Waals surface area contributed by atoms with Crippen LogP contribution in [0.5, 0.6) is 0 Å². The fourth-order valence-corrected chi connectivity index (χ4v) is 3.20. The van der Waals surface area contributed by atoms with Gasteiger partial charge in [0.05, 0.1) is 18.8 Å². The van der Waals surface area contributed by atoms with Crippen molar-refractivity contribution in [1.29, 1.82) is 0 Å². The zero-order valence-electron chi connectivity index (χ0n) is 10.2. The number of rotatable bonds is 0. The van der Waals surface area contributed by atoms with Crippen LogP contribution in [0.15, 0.2) is 0 Å². The van der Waals surface area contributed by atoms with Gasteiger partial charge >= 0.3 is 6.03 Å². The summed E-state index contributed by atoms with van der Waals surface area (Å²) < 4.78 is 5.74. The third-order valence-corrected chi connectivity index (χ3v) is 4.12. The molecule has 2 aliphatic heterocycles. The second kappa shape index (κ2) is 4.82. The van der Waals surface area contributed by atoms with Gasteiger partial charge in [-0.05, 0) is 19.3 Å². The van der Waals surface area contributed by atoms with E-state index in [9.17, 15) is 4.79 Å². The highest BCUT2D eigenvalue weighted by atomic mass is 16.5. The topological polar surface area (TPSA) is 44.8 Å². The van der Waals surface area contributed by atoms with E-state index in [0.29, 0.717) is 18.8 Å². The van der Waals surface area contributed by atoms with Crippen molar-refractivity contribution < 1.29 is 9.53 Å². The fourth-order valence-electron chi connectivity index (χ4n) is 3.20. The van der Waals surface area contributed by atoms with Gasteiger partial charge in [-0.3, -0.25) is 0 Å². The summed E-state index contributed by atoms with van der Waals surface area (Å²) in [4.78, 5) is 16.5. The van der Waals surface area contributed by atoms with Crippen LogP contribution in [-0.4, -0.2) is 67.3 Å². The first kappa shape index (κ1) is 11.3. The van der Waals surface area contributed by atoms with Crippen LogP contribution in [0.1, 0.15) is 19.3 Å². The van der Waals surface area contributed by atoms with Gasteiger partial charge in [0.2, 0.25) is 0 Å². The predicted molar refractivity (Wildman–Crippen MR) is 63.9 cm³/mol. The standard InChI is InChI=1S/C12H21N3O2/c16-12(14-6-4-13-5-7-14)15-8-9-17-11-3-1-2-10(11)15/h10-11,13H,1-9H2. The van der Waals surface area contributed by atoms with Crippen molar-refractivity contribution >= 4 is 6.03 Å². The van der Waals surface area contributed by atoms with Crippen LogP contribution in [-0.2, 0) is 4.74 Å². The SMILES string of the molecule is O=C(N1CCNCC1)N1CCOC2CCCC21. The van der Waals surface area contributed by atoms with Crippen LogP contribution < -0.4 is 5.32 Å². The monoisotopic (exact) mass is 239 g/mol. The summed E-state index contributed by atoms with van der Waals surface area (Å²) in [5.41, 5.74) is 0. The van der Waals surface area contributed by atoms with Crippen molar-refractivity contribution in [2.75, 3.05) is 39.3 Å². The van der Waals surface area contributed by atoms with Crippen molar-refractivity contribution in [2.45, 2.75) is 31.4 Å². The quantitative estimate of drug-likeness (QED) is 0.660. The minimum atomic E-state index is 0.228. The molecule has 2 saturated heterocycles. The zero-order chi connectivity index (χ0) is 11.7. The van der Waals surface area contributed by atoms with Gasteiger partial charge in [0.15, 0.2) is 0 Å². The first-order valence-corrected chi connectivity index (χ1v) is 6.74. The van der Waals surface area contributed by atoms with Crippen molar-refractivity contribution in [1.82, 2.24) is 15.1 Å². The van der Waals surface area contributed by atoms with Gasteiger partial charge in [-0.1, -0.05) is 0 Å². The molecule has 0 aromatic heterocycles. The molecule has 0 aromatic rings. The maximum atomic E-state index is 12.5. The Balaban J connectivity index is 1.67. The lowest BCUT2D eigenvalue weighted by atomic mass is 10.1. The van der Waals surface area contributed by atoms with Gasteiger partial charge < -0.3 is 19.9 Å². The normalized spacial score (nSPS) is 33.6. The number of hydrogen-bond donors (Lipinski definition) is 1. The van der Waals surface area contributed by atoms with E-state index in [1.165, 1.54) is 6.42 Å². The Morgan fingerprint density at radius 1 is 1.18 bits per heavy atom. The Kier molecular flexibility index (Phi) is 3.20. The molecule has 17 heavy (non-hydrogen) atoms. The molecule has 0 radical (unpaired) electrons. The minimum absolute atomic E-state index is 0.228. The van der Waals surface area contributed by atoms with E-state index in [1.807, 2.05) is 4.90 Å². The van der Waals surface area contributed by atoms with E-state index in [-0.39, 0.29) is 6.03 Å². The van der Waals surface area contributed by atoms with Crippen LogP contribution in [0, 0.1) is 0 Å². The molecule has 3 rings (SSSR count). The molecule has 2 unspecified atom stereocenters. The first-order valence-electron chi connectivity index (χ1n) is 6.74. The molecule has 0 bridgehead atoms. The number of carbonyl (C=O) groups excluding carboxylic acids is 1. The van der Waals surface area contributed by atoms with Crippen LogP contribution in [0.4, 0.5) is 4.79 Å². The number of ether oxygens (including phenoxy) is 1. The highest BCUT2D eigenvalue weighted by molar-refractivity contribution is 5.75. The molecule has 2 heterocycles. The molecule has 3 aliphatic rings. The van der Waals surface area contributed by atoms with Crippen LogP contribution in [0.2, 0.25) is 0 Å². The summed E-state index contributed by atoms with van der Waals surface area (Å²) in [6.07, 6.45) is 3.73. The van der Waals surface area contributed by atoms with Gasteiger partial charge in [-0.25, -0.2) is 4.79 Å². The van der Waals surface area contributed by atoms with E-state index in [2.05, 4.69) is 10.2 Å². The highest BCUT2D eigenvalue weighted by Gasteiger charge is 2.39. The number of nitrogens with one attached hydrogen (secondary N) is 1. The summed E-state index contributed by atoms with van der Waals surface area (Å²) in [5.74, 6) is 0. The summed E-state index contributed by atoms with van der Waals surface area (Å²) in [6.45, 7) is 5.00. The minimum Gasteiger partial charge on any atom is -0.374 e. The van der Waals surface area contributed by atoms with E-state index in [0.717, 1.165) is 45.6 Å². The lowest BCUT2D eigenvalue weighted by molar-refractivity contribution is -0.0437. The number of morpholine rings is 1. The van der Waals surface area contributed by atoms with Crippen LogP contribution in [0.25, 0.3) is 0 Å². The van der Waals surface area contributed by atoms with Crippen molar-refractivity contribution in [2.24, 2.45) is 0 Å². The predicted octanol–water partition coefficient (Wildman–Crippen LogP) is 0.265. The molecule has 0 spiro atoms. The number of nitrogens with zero attached hydrogens (tertiary/aromatic N) is 2. The molecule has 2 amide bonds. The maximum Gasteiger partial charge on any atom is 0.320 e. The van der Waals surface area contributed by atoms with E-state index < -0.39 is 0 Å². The molecule has 3 fully saturated rings. The summed E-state index contributed by atoms with van der Waals surface area (Å²) in [6, 6.07) is 0.567. The second-order valence-electron chi connectivity index (χ2n) is 5.12. The summed E-state index contributed by atoms with van der Waals surface area (Å²) in [5, 5.41) is 3.28. The highest BCUT2D eigenvalue weighted by Crippen LogP contribution is 2.30. The van der Waals surface area contributed by atoms with Crippen molar-refractivity contribution in [3.05, 3.63) is 0 Å². The Morgan fingerprint density at radius 2 is 2.00 bits per heavy atom. The molecule has 96 valence electrons. The van der Waals surface area contributed by atoms with Gasteiger partial charge in [0.1, 0.15) is 0 Å². The van der Waals surface area contributed by atoms with Gasteiger partial charge in [0.25, 0.3) is 0 Å². The van der Waals surface area contributed by atoms with Crippen LogP contribution >= 0.6 is 0 Å². The molecular formula is C12H21N3O2. The van der Waals surface area contributed by atoms with Gasteiger partial charge in [0, 0.05) is 32.7 Å². The smallest absolute Gasteiger partial charge is 0.320 e. The third-order valence-electron chi connectivity index (χ3n) is 4.12. The Bertz CT molecular complexity index is 291. The second-order valence-corrected chi connectivity index (χ2v) is 5.12. The number of amides is 2. The number of piperazine rings is 1. The largest absolute Gasteiger partial charge is 0.374 e. The zero-order valence-corrected chi connectivity index (χ0v) is 10.2. The number of urea groups is 1. The first-order chi connectivity index (χ1) is 8.36. The van der Waals surface area contributed by atoms with Crippen LogP contribution in [0.3, 0.4) is 0 Å². The number of hydrogen-bond acceptors (Lipinski definition) is 3. The number of carbonyl (C=O) groups is 1. The van der Waals surface area contributed by atoms with Gasteiger partial charge in [-0.15, -0.1) is 0 Å². The average molecular weight is 239 g/mol. The Hall–Kier alpha value is -0.810. The molecule has 5 nitrogen and oxygen atoms in total. The summed E-state index contributed by atoms with van der Waals surface area (Å²) >= 11 is 0. The fraction of sp³-hybridized carbons (Fsp3) is 0.917. The molecule has 1 saturated carbocycles. The lowest BCUT2D eigenvalue weighted by Gasteiger charge is -2.41. The molecule has 1 aliphatic carbocycles. The molecule has 1 N–H and O–H groups in total. The average Bonchev–Trinajstić information content (AvgIpc) is 2.87. The van der Waals surface area contributed by atoms with E-state index in [1.54, 1.807) is 0 Å². The number of fused-ring (bicyclic) bond motifs is 1. The van der Waals surface area contributed by atoms with E-state index in [4.69, 9.17) is 4.74 Å². The van der Waals surface area contributed by atoms with Crippen molar-refractivity contribution in [3.63, 3.8) is 0 Å².